The standard InChI is InChI=1S/C18H21FN4/c1-12-9-22-23(11-12)14(3)13(2)21-10-16-8-17(19)7-15-5-4-6-20-18(15)16/h4-9,11,13-14,21H,10H2,1-3H3/t13-,14-/m0/s1. The summed E-state index contributed by atoms with van der Waals surface area (Å²) >= 11 is 0. The van der Waals surface area contributed by atoms with E-state index in [-0.39, 0.29) is 17.9 Å². The summed E-state index contributed by atoms with van der Waals surface area (Å²) in [5.74, 6) is -0.231. The molecule has 0 fully saturated rings. The molecule has 2 atom stereocenters. The van der Waals surface area contributed by atoms with Gasteiger partial charge in [0.05, 0.1) is 17.8 Å². The smallest absolute Gasteiger partial charge is 0.124 e. The van der Waals surface area contributed by atoms with E-state index in [1.807, 2.05) is 36.1 Å². The third-order valence-electron chi connectivity index (χ3n) is 4.23. The van der Waals surface area contributed by atoms with Crippen LogP contribution in [-0.4, -0.2) is 20.8 Å². The summed E-state index contributed by atoms with van der Waals surface area (Å²) in [6.07, 6.45) is 5.62. The number of fused-ring (bicyclic) bond motifs is 1. The maximum absolute atomic E-state index is 13.8. The minimum absolute atomic E-state index is 0.191. The quantitative estimate of drug-likeness (QED) is 0.782. The van der Waals surface area contributed by atoms with Crippen molar-refractivity contribution in [3.63, 3.8) is 0 Å². The van der Waals surface area contributed by atoms with E-state index in [4.69, 9.17) is 0 Å². The largest absolute Gasteiger partial charge is 0.308 e. The molecule has 0 saturated heterocycles. The number of halogens is 1. The van der Waals surface area contributed by atoms with E-state index < -0.39 is 0 Å². The Bertz CT molecular complexity index is 812. The molecule has 4 nitrogen and oxygen atoms in total. The monoisotopic (exact) mass is 312 g/mol. The van der Waals surface area contributed by atoms with Gasteiger partial charge in [0.1, 0.15) is 5.82 Å². The highest BCUT2D eigenvalue weighted by atomic mass is 19.1. The highest BCUT2D eigenvalue weighted by Crippen LogP contribution is 2.19. The van der Waals surface area contributed by atoms with Crippen LogP contribution in [0.1, 0.15) is 31.0 Å². The van der Waals surface area contributed by atoms with Crippen molar-refractivity contribution in [3.8, 4) is 0 Å². The molecular weight excluding hydrogens is 291 g/mol. The summed E-state index contributed by atoms with van der Waals surface area (Å²) in [6.45, 7) is 6.82. The van der Waals surface area contributed by atoms with Gasteiger partial charge >= 0.3 is 0 Å². The van der Waals surface area contributed by atoms with Gasteiger partial charge in [-0.2, -0.15) is 5.10 Å². The lowest BCUT2D eigenvalue weighted by molar-refractivity contribution is 0.365. The molecule has 2 aromatic heterocycles. The molecule has 3 rings (SSSR count). The first kappa shape index (κ1) is 15.6. The van der Waals surface area contributed by atoms with Gasteiger partial charge in [0.2, 0.25) is 0 Å². The molecule has 23 heavy (non-hydrogen) atoms. The van der Waals surface area contributed by atoms with Crippen LogP contribution in [0.2, 0.25) is 0 Å². The molecule has 1 N–H and O–H groups in total. The van der Waals surface area contributed by atoms with Gasteiger partial charge < -0.3 is 5.32 Å². The second-order valence-electron chi connectivity index (χ2n) is 6.05. The van der Waals surface area contributed by atoms with Gasteiger partial charge in [0, 0.05) is 30.4 Å². The molecular formula is C18H21FN4. The van der Waals surface area contributed by atoms with Crippen molar-refractivity contribution in [2.45, 2.75) is 39.4 Å². The first-order valence-electron chi connectivity index (χ1n) is 7.82. The van der Waals surface area contributed by atoms with Gasteiger partial charge in [0.25, 0.3) is 0 Å². The first-order chi connectivity index (χ1) is 11.0. The number of hydrogen-bond acceptors (Lipinski definition) is 3. The zero-order valence-electron chi connectivity index (χ0n) is 13.6. The number of aryl methyl sites for hydroxylation is 1. The topological polar surface area (TPSA) is 42.7 Å². The highest BCUT2D eigenvalue weighted by Gasteiger charge is 2.15. The number of pyridine rings is 1. The summed E-state index contributed by atoms with van der Waals surface area (Å²) in [4.78, 5) is 4.38. The van der Waals surface area contributed by atoms with Crippen molar-refractivity contribution in [1.29, 1.82) is 0 Å². The second kappa shape index (κ2) is 6.46. The van der Waals surface area contributed by atoms with Crippen molar-refractivity contribution in [3.05, 3.63) is 59.8 Å². The summed E-state index contributed by atoms with van der Waals surface area (Å²) in [5.41, 5.74) is 2.86. The molecule has 0 saturated carbocycles. The maximum atomic E-state index is 13.8. The number of hydrogen-bond donors (Lipinski definition) is 1. The maximum Gasteiger partial charge on any atom is 0.124 e. The van der Waals surface area contributed by atoms with E-state index in [1.165, 1.54) is 6.07 Å². The van der Waals surface area contributed by atoms with E-state index in [1.54, 1.807) is 12.3 Å². The minimum Gasteiger partial charge on any atom is -0.308 e. The van der Waals surface area contributed by atoms with Crippen molar-refractivity contribution >= 4 is 10.9 Å². The van der Waals surface area contributed by atoms with Gasteiger partial charge in [-0.05, 0) is 50.1 Å². The average molecular weight is 312 g/mol. The van der Waals surface area contributed by atoms with Gasteiger partial charge in [0.15, 0.2) is 0 Å². The van der Waals surface area contributed by atoms with Crippen LogP contribution >= 0.6 is 0 Å². The van der Waals surface area contributed by atoms with Gasteiger partial charge in [-0.1, -0.05) is 6.07 Å². The fourth-order valence-electron chi connectivity index (χ4n) is 2.69. The Kier molecular flexibility index (Phi) is 4.39. The molecule has 0 aliphatic carbocycles. The van der Waals surface area contributed by atoms with Crippen LogP contribution in [0.5, 0.6) is 0 Å². The first-order valence-corrected chi connectivity index (χ1v) is 7.82. The molecule has 2 heterocycles. The zero-order valence-corrected chi connectivity index (χ0v) is 13.6. The predicted octanol–water partition coefficient (Wildman–Crippen LogP) is 3.62. The highest BCUT2D eigenvalue weighted by molar-refractivity contribution is 5.81. The molecule has 0 radical (unpaired) electrons. The van der Waals surface area contributed by atoms with Crippen molar-refractivity contribution in [2.75, 3.05) is 0 Å². The van der Waals surface area contributed by atoms with Crippen LogP contribution in [0.15, 0.2) is 42.9 Å². The molecule has 120 valence electrons. The Morgan fingerprint density at radius 3 is 2.87 bits per heavy atom. The lowest BCUT2D eigenvalue weighted by Crippen LogP contribution is -2.33. The lowest BCUT2D eigenvalue weighted by Gasteiger charge is -2.22. The molecule has 0 amide bonds. The Balaban J connectivity index is 1.75. The molecule has 0 aliphatic rings. The van der Waals surface area contributed by atoms with Crippen LogP contribution in [0.4, 0.5) is 4.39 Å². The number of benzene rings is 1. The molecule has 3 aromatic rings. The van der Waals surface area contributed by atoms with Gasteiger partial charge in [-0.3, -0.25) is 9.67 Å². The van der Waals surface area contributed by atoms with E-state index in [2.05, 4.69) is 29.2 Å². The summed E-state index contributed by atoms with van der Waals surface area (Å²) in [7, 11) is 0. The normalized spacial score (nSPS) is 14.1. The Morgan fingerprint density at radius 2 is 2.13 bits per heavy atom. The van der Waals surface area contributed by atoms with Crippen molar-refractivity contribution < 1.29 is 4.39 Å². The number of aromatic nitrogens is 3. The number of rotatable bonds is 5. The number of nitrogens with one attached hydrogen (secondary N) is 1. The molecule has 0 aliphatic heterocycles. The summed E-state index contributed by atoms with van der Waals surface area (Å²) in [5, 5.41) is 8.64. The van der Waals surface area contributed by atoms with Crippen molar-refractivity contribution in [2.24, 2.45) is 0 Å². The minimum atomic E-state index is -0.231. The van der Waals surface area contributed by atoms with E-state index >= 15 is 0 Å². The average Bonchev–Trinajstić information content (AvgIpc) is 2.97. The van der Waals surface area contributed by atoms with Crippen LogP contribution < -0.4 is 5.32 Å². The summed E-state index contributed by atoms with van der Waals surface area (Å²) in [6, 6.07) is 7.17. The SMILES string of the molecule is Cc1cnn([C@@H](C)[C@H](C)NCc2cc(F)cc3cccnc23)c1. The molecule has 1 aromatic carbocycles. The number of nitrogens with zero attached hydrogens (tertiary/aromatic N) is 3. The van der Waals surface area contributed by atoms with Crippen LogP contribution in [0.3, 0.4) is 0 Å². The van der Waals surface area contributed by atoms with Gasteiger partial charge in [-0.25, -0.2) is 4.39 Å². The Morgan fingerprint density at radius 1 is 1.30 bits per heavy atom. The van der Waals surface area contributed by atoms with Crippen LogP contribution in [-0.2, 0) is 6.54 Å². The van der Waals surface area contributed by atoms with Crippen molar-refractivity contribution in [1.82, 2.24) is 20.1 Å². The molecule has 5 heteroatoms. The van der Waals surface area contributed by atoms with E-state index in [0.29, 0.717) is 6.54 Å². The zero-order chi connectivity index (χ0) is 16.4. The molecule has 0 spiro atoms. The Labute approximate surface area is 135 Å². The summed E-state index contributed by atoms with van der Waals surface area (Å²) < 4.78 is 15.7. The second-order valence-corrected chi connectivity index (χ2v) is 6.05. The van der Waals surface area contributed by atoms with Crippen LogP contribution in [0, 0.1) is 12.7 Å². The molecule has 0 unspecified atom stereocenters. The van der Waals surface area contributed by atoms with Gasteiger partial charge in [-0.15, -0.1) is 0 Å². The van der Waals surface area contributed by atoms with E-state index in [9.17, 15) is 4.39 Å². The van der Waals surface area contributed by atoms with Crippen LogP contribution in [0.25, 0.3) is 10.9 Å². The fourth-order valence-corrected chi connectivity index (χ4v) is 2.69. The predicted molar refractivity (Wildman–Crippen MR) is 89.7 cm³/mol. The fraction of sp³-hybridized carbons (Fsp3) is 0.333. The lowest BCUT2D eigenvalue weighted by atomic mass is 10.1. The van der Waals surface area contributed by atoms with E-state index in [0.717, 1.165) is 22.0 Å². The Hall–Kier alpha value is -2.27. The third-order valence-corrected chi connectivity index (χ3v) is 4.23. The third kappa shape index (κ3) is 3.40. The molecule has 0 bridgehead atoms.